The number of nitrogens with two attached hydrogens (primary N) is 1. The van der Waals surface area contributed by atoms with Crippen molar-refractivity contribution in [1.29, 1.82) is 0 Å². The van der Waals surface area contributed by atoms with Gasteiger partial charge in [-0.3, -0.25) is 9.59 Å². The fourth-order valence-corrected chi connectivity index (χ4v) is 2.01. The zero-order valence-corrected chi connectivity index (χ0v) is 14.0. The Balaban J connectivity index is 2.63. The molecule has 0 aliphatic heterocycles. The molecule has 130 valence electrons. The van der Waals surface area contributed by atoms with E-state index in [1.165, 1.54) is 24.1 Å². The maximum Gasteiger partial charge on any atom is 0.271 e. The minimum atomic E-state index is -0.312. The first-order valence-corrected chi connectivity index (χ1v) is 7.48. The molecule has 0 radical (unpaired) electrons. The molecule has 0 fully saturated rings. The van der Waals surface area contributed by atoms with E-state index in [1.807, 2.05) is 6.08 Å². The van der Waals surface area contributed by atoms with Gasteiger partial charge in [-0.25, -0.2) is 4.98 Å². The Bertz CT molecular complexity index is 645. The zero-order chi connectivity index (χ0) is 17.9. The van der Waals surface area contributed by atoms with Crippen LogP contribution in [0.4, 0.5) is 5.82 Å². The van der Waals surface area contributed by atoms with E-state index < -0.39 is 0 Å². The first kappa shape index (κ1) is 19.0. The molecule has 0 saturated heterocycles. The van der Waals surface area contributed by atoms with Crippen molar-refractivity contribution >= 4 is 17.6 Å². The fraction of sp³-hybridized carbons (Fsp3) is 0.312. The van der Waals surface area contributed by atoms with E-state index in [0.717, 1.165) is 5.57 Å². The summed E-state index contributed by atoms with van der Waals surface area (Å²) in [7, 11) is 3.19. The summed E-state index contributed by atoms with van der Waals surface area (Å²) in [6, 6.07) is 0. The quantitative estimate of drug-likeness (QED) is 0.488. The molecule has 1 aromatic rings. The molecule has 2 amide bonds. The highest BCUT2D eigenvalue weighted by Crippen LogP contribution is 2.12. The van der Waals surface area contributed by atoms with Crippen LogP contribution in [-0.4, -0.2) is 42.0 Å². The smallest absolute Gasteiger partial charge is 0.271 e. The molecule has 8 heteroatoms. The normalized spacial score (nSPS) is 11.3. The summed E-state index contributed by atoms with van der Waals surface area (Å²) in [4.78, 5) is 28.1. The van der Waals surface area contributed by atoms with E-state index in [9.17, 15) is 9.59 Å². The van der Waals surface area contributed by atoms with E-state index in [2.05, 4.69) is 27.5 Å². The van der Waals surface area contributed by atoms with Gasteiger partial charge in [0.25, 0.3) is 5.91 Å². The van der Waals surface area contributed by atoms with Crippen LogP contribution in [0.3, 0.4) is 0 Å². The highest BCUT2D eigenvalue weighted by molar-refractivity contribution is 5.97. The molecule has 8 nitrogen and oxygen atoms in total. The van der Waals surface area contributed by atoms with Crippen molar-refractivity contribution < 1.29 is 9.59 Å². The highest BCUT2D eigenvalue weighted by atomic mass is 16.2. The van der Waals surface area contributed by atoms with Crippen molar-refractivity contribution in [2.24, 2.45) is 5.73 Å². The van der Waals surface area contributed by atoms with Crippen LogP contribution >= 0.6 is 0 Å². The van der Waals surface area contributed by atoms with Crippen molar-refractivity contribution in [3.05, 3.63) is 48.6 Å². The number of amides is 2. The molecule has 0 atom stereocenters. The number of rotatable bonds is 9. The first-order chi connectivity index (χ1) is 11.6. The van der Waals surface area contributed by atoms with Crippen LogP contribution in [0, 0.1) is 0 Å². The maximum absolute atomic E-state index is 12.1. The molecular formula is C16H24N6O2. The summed E-state index contributed by atoms with van der Waals surface area (Å²) >= 11 is 0. The predicted molar refractivity (Wildman–Crippen MR) is 94.4 cm³/mol. The first-order valence-electron chi connectivity index (χ1n) is 7.48. The number of hydrogen-bond donors (Lipinski definition) is 4. The van der Waals surface area contributed by atoms with Crippen LogP contribution < -0.4 is 21.7 Å². The molecule has 0 aliphatic carbocycles. The zero-order valence-electron chi connectivity index (χ0n) is 14.0. The van der Waals surface area contributed by atoms with E-state index in [0.29, 0.717) is 24.5 Å². The van der Waals surface area contributed by atoms with Gasteiger partial charge < -0.3 is 26.3 Å². The van der Waals surface area contributed by atoms with Crippen LogP contribution in [0.5, 0.6) is 0 Å². The average Bonchev–Trinajstić information content (AvgIpc) is 2.99. The summed E-state index contributed by atoms with van der Waals surface area (Å²) in [6.07, 6.45) is 8.80. The van der Waals surface area contributed by atoms with Crippen LogP contribution in [0.15, 0.2) is 42.9 Å². The fourth-order valence-electron chi connectivity index (χ4n) is 2.01. The largest absolute Gasteiger partial charge is 0.404 e. The molecule has 0 aromatic carbocycles. The summed E-state index contributed by atoms with van der Waals surface area (Å²) in [6.45, 7) is 4.03. The number of carbonyl (C=O) groups excluding carboxylic acids is 2. The van der Waals surface area contributed by atoms with Gasteiger partial charge in [0, 0.05) is 20.6 Å². The van der Waals surface area contributed by atoms with Crippen LogP contribution in [0.2, 0.25) is 0 Å². The predicted octanol–water partition coefficient (Wildman–Crippen LogP) is 0.376. The van der Waals surface area contributed by atoms with Crippen molar-refractivity contribution in [3.8, 4) is 0 Å². The van der Waals surface area contributed by atoms with Gasteiger partial charge in [0.05, 0.1) is 6.33 Å². The van der Waals surface area contributed by atoms with E-state index in [1.54, 1.807) is 19.2 Å². The second kappa shape index (κ2) is 9.88. The lowest BCUT2D eigenvalue weighted by atomic mass is 10.2. The number of hydrogen-bond acceptors (Lipinski definition) is 5. The molecular weight excluding hydrogens is 308 g/mol. The maximum atomic E-state index is 12.1. The Morgan fingerprint density at radius 3 is 2.75 bits per heavy atom. The number of carbonyl (C=O) groups is 2. The molecule has 1 aromatic heterocycles. The van der Waals surface area contributed by atoms with E-state index in [4.69, 9.17) is 5.73 Å². The summed E-state index contributed by atoms with van der Waals surface area (Å²) in [5.41, 5.74) is 6.72. The number of nitrogens with one attached hydrogen (secondary N) is 3. The molecule has 1 heterocycles. The van der Waals surface area contributed by atoms with Crippen molar-refractivity contribution in [2.45, 2.75) is 13.0 Å². The molecule has 0 saturated carbocycles. The Morgan fingerprint density at radius 1 is 1.42 bits per heavy atom. The molecule has 5 N–H and O–H groups in total. The van der Waals surface area contributed by atoms with Gasteiger partial charge in [-0.1, -0.05) is 24.8 Å². The lowest BCUT2D eigenvalue weighted by molar-refractivity contribution is -0.121. The van der Waals surface area contributed by atoms with Crippen molar-refractivity contribution in [3.63, 3.8) is 0 Å². The lowest BCUT2D eigenvalue weighted by Crippen LogP contribution is -2.31. The Hall–Kier alpha value is -3.03. The summed E-state index contributed by atoms with van der Waals surface area (Å²) < 4.78 is 1.50. The van der Waals surface area contributed by atoms with E-state index >= 15 is 0 Å². The Morgan fingerprint density at radius 2 is 2.17 bits per heavy atom. The lowest BCUT2D eigenvalue weighted by Gasteiger charge is -2.09. The summed E-state index contributed by atoms with van der Waals surface area (Å²) in [5, 5.41) is 8.15. The standard InChI is InChI=1S/C16H24N6O2/c1-4-5-6-12(9-17)7-8-20-13(23)10-22-11-21-15(18-2)14(22)16(24)19-3/h4-6,9,11,18H,1,7-8,10,17H2,2-3H3,(H,19,24)(H,20,23)/b6-5-,12-9+. The van der Waals surface area contributed by atoms with Gasteiger partial charge in [-0.2, -0.15) is 0 Å². The third-order valence-corrected chi connectivity index (χ3v) is 3.23. The van der Waals surface area contributed by atoms with Crippen LogP contribution in [0.25, 0.3) is 0 Å². The van der Waals surface area contributed by atoms with Gasteiger partial charge in [0.2, 0.25) is 5.91 Å². The highest BCUT2D eigenvalue weighted by Gasteiger charge is 2.18. The molecule has 0 unspecified atom stereocenters. The van der Waals surface area contributed by atoms with Gasteiger partial charge >= 0.3 is 0 Å². The molecule has 0 bridgehead atoms. The van der Waals surface area contributed by atoms with E-state index in [-0.39, 0.29) is 18.4 Å². The van der Waals surface area contributed by atoms with Crippen molar-refractivity contribution in [2.75, 3.05) is 26.0 Å². The number of imidazole rings is 1. The number of anilines is 1. The number of allylic oxidation sites excluding steroid dienone is 3. The van der Waals surface area contributed by atoms with Crippen LogP contribution in [-0.2, 0) is 11.3 Å². The third-order valence-electron chi connectivity index (χ3n) is 3.23. The topological polar surface area (TPSA) is 114 Å². The number of nitrogens with zero attached hydrogens (tertiary/aromatic N) is 2. The Kier molecular flexibility index (Phi) is 7.83. The minimum Gasteiger partial charge on any atom is -0.404 e. The summed E-state index contributed by atoms with van der Waals surface area (Å²) in [5.74, 6) is -0.109. The minimum absolute atomic E-state index is 0.00159. The second-order valence-electron chi connectivity index (χ2n) is 4.84. The van der Waals surface area contributed by atoms with Gasteiger partial charge in [-0.15, -0.1) is 0 Å². The molecule has 0 aliphatic rings. The van der Waals surface area contributed by atoms with Gasteiger partial charge in [0.1, 0.15) is 6.54 Å². The SMILES string of the molecule is C=C/C=C\C(=C/N)CCNC(=O)Cn1cnc(NC)c1C(=O)NC. The van der Waals surface area contributed by atoms with Crippen LogP contribution in [0.1, 0.15) is 16.9 Å². The van der Waals surface area contributed by atoms with Crippen molar-refractivity contribution in [1.82, 2.24) is 20.2 Å². The number of aromatic nitrogens is 2. The third kappa shape index (κ3) is 5.31. The molecule has 24 heavy (non-hydrogen) atoms. The molecule has 0 spiro atoms. The Labute approximate surface area is 141 Å². The monoisotopic (exact) mass is 332 g/mol. The second-order valence-corrected chi connectivity index (χ2v) is 4.84. The average molecular weight is 332 g/mol. The van der Waals surface area contributed by atoms with Gasteiger partial charge in [-0.05, 0) is 18.2 Å². The molecule has 1 rings (SSSR count). The van der Waals surface area contributed by atoms with Gasteiger partial charge in [0.15, 0.2) is 11.5 Å².